The van der Waals surface area contributed by atoms with Gasteiger partial charge in [-0.05, 0) is 56.3 Å². The first-order chi connectivity index (χ1) is 10.3. The number of hydrogen-bond donors (Lipinski definition) is 2. The van der Waals surface area contributed by atoms with E-state index in [1.807, 2.05) is 18.2 Å². The maximum atomic E-state index is 5.85. The van der Waals surface area contributed by atoms with E-state index in [4.69, 9.17) is 10.7 Å². The molecule has 0 bridgehead atoms. The van der Waals surface area contributed by atoms with Crippen LogP contribution in [0.5, 0.6) is 0 Å². The lowest BCUT2D eigenvalue weighted by molar-refractivity contribution is 0.0529. The van der Waals surface area contributed by atoms with Crippen molar-refractivity contribution in [3.63, 3.8) is 0 Å². The van der Waals surface area contributed by atoms with Crippen LogP contribution >= 0.6 is 0 Å². The maximum absolute atomic E-state index is 5.85. The largest absolute Gasteiger partial charge is 0.399 e. The highest BCUT2D eigenvalue weighted by Crippen LogP contribution is 2.35. The van der Waals surface area contributed by atoms with Crippen molar-refractivity contribution >= 4 is 16.7 Å². The van der Waals surface area contributed by atoms with Gasteiger partial charge in [0.25, 0.3) is 0 Å². The Kier molecular flexibility index (Phi) is 3.34. The van der Waals surface area contributed by atoms with Crippen LogP contribution in [0.2, 0.25) is 0 Å². The molecule has 2 fully saturated rings. The van der Waals surface area contributed by atoms with Crippen LogP contribution in [0.3, 0.4) is 0 Å². The number of likely N-dealkylation sites (tertiary alicyclic amines) is 1. The Labute approximate surface area is 125 Å². The highest BCUT2D eigenvalue weighted by molar-refractivity contribution is 5.78. The number of benzene rings is 1. The molecule has 1 saturated heterocycles. The van der Waals surface area contributed by atoms with E-state index in [1.54, 1.807) is 0 Å². The number of H-pyrrole nitrogens is 1. The SMILES string of the molecule is Nc1ccc2nc(CN3CCCC4CCCCC43)[nH]c2c1. The molecule has 2 unspecified atom stereocenters. The van der Waals surface area contributed by atoms with Crippen molar-refractivity contribution in [3.8, 4) is 0 Å². The third-order valence-electron chi connectivity index (χ3n) is 5.27. The molecule has 0 amide bonds. The number of imidazole rings is 1. The minimum absolute atomic E-state index is 0.783. The second-order valence-corrected chi connectivity index (χ2v) is 6.68. The molecule has 3 N–H and O–H groups in total. The van der Waals surface area contributed by atoms with Crippen molar-refractivity contribution in [2.24, 2.45) is 5.92 Å². The van der Waals surface area contributed by atoms with Crippen LogP contribution in [-0.2, 0) is 6.54 Å². The lowest BCUT2D eigenvalue weighted by Crippen LogP contribution is -2.46. The number of nitrogen functional groups attached to an aromatic ring is 1. The summed E-state index contributed by atoms with van der Waals surface area (Å²) in [6.07, 6.45) is 8.40. The lowest BCUT2D eigenvalue weighted by atomic mass is 9.78. The number of nitrogens with two attached hydrogens (primary N) is 1. The molecule has 4 heteroatoms. The van der Waals surface area contributed by atoms with Gasteiger partial charge in [0.2, 0.25) is 0 Å². The van der Waals surface area contributed by atoms with Crippen molar-refractivity contribution in [3.05, 3.63) is 24.0 Å². The molecular weight excluding hydrogens is 260 g/mol. The maximum Gasteiger partial charge on any atom is 0.121 e. The first-order valence-corrected chi connectivity index (χ1v) is 8.28. The van der Waals surface area contributed by atoms with Crippen LogP contribution in [0.4, 0.5) is 5.69 Å². The van der Waals surface area contributed by atoms with Crippen LogP contribution in [0.15, 0.2) is 18.2 Å². The van der Waals surface area contributed by atoms with Gasteiger partial charge in [-0.1, -0.05) is 12.8 Å². The van der Waals surface area contributed by atoms with Gasteiger partial charge in [0.15, 0.2) is 0 Å². The number of nitrogens with zero attached hydrogens (tertiary/aromatic N) is 2. The van der Waals surface area contributed by atoms with E-state index < -0.39 is 0 Å². The van der Waals surface area contributed by atoms with Crippen LogP contribution in [0.1, 0.15) is 44.3 Å². The number of nitrogens with one attached hydrogen (secondary N) is 1. The summed E-state index contributed by atoms with van der Waals surface area (Å²) in [6, 6.07) is 6.69. The molecule has 4 nitrogen and oxygen atoms in total. The number of rotatable bonds is 2. The van der Waals surface area contributed by atoms with Crippen molar-refractivity contribution < 1.29 is 0 Å². The standard InChI is InChI=1S/C17H24N4/c18-13-7-8-14-15(10-13)20-17(19-14)11-21-9-3-5-12-4-1-2-6-16(12)21/h7-8,10,12,16H,1-6,9,11,18H2,(H,19,20). The summed E-state index contributed by atoms with van der Waals surface area (Å²) < 4.78 is 0. The minimum Gasteiger partial charge on any atom is -0.399 e. The fraction of sp³-hybridized carbons (Fsp3) is 0.588. The summed E-state index contributed by atoms with van der Waals surface area (Å²) in [5.41, 5.74) is 8.72. The zero-order valence-corrected chi connectivity index (χ0v) is 12.5. The predicted octanol–water partition coefficient (Wildman–Crippen LogP) is 3.30. The molecule has 0 spiro atoms. The van der Waals surface area contributed by atoms with Crippen LogP contribution in [0.25, 0.3) is 11.0 Å². The van der Waals surface area contributed by atoms with Gasteiger partial charge in [-0.2, -0.15) is 0 Å². The molecular formula is C17H24N4. The lowest BCUT2D eigenvalue weighted by Gasteiger charge is -2.43. The van der Waals surface area contributed by atoms with Crippen LogP contribution < -0.4 is 5.73 Å². The van der Waals surface area contributed by atoms with E-state index in [0.717, 1.165) is 41.0 Å². The van der Waals surface area contributed by atoms with Crippen LogP contribution in [-0.4, -0.2) is 27.5 Å². The minimum atomic E-state index is 0.783. The van der Waals surface area contributed by atoms with Gasteiger partial charge in [0, 0.05) is 11.7 Å². The molecule has 1 aromatic carbocycles. The molecule has 21 heavy (non-hydrogen) atoms. The zero-order chi connectivity index (χ0) is 14.2. The van der Waals surface area contributed by atoms with E-state index >= 15 is 0 Å². The molecule has 1 saturated carbocycles. The van der Waals surface area contributed by atoms with Gasteiger partial charge in [-0.25, -0.2) is 4.98 Å². The smallest absolute Gasteiger partial charge is 0.121 e. The fourth-order valence-electron chi connectivity index (χ4n) is 4.27. The van der Waals surface area contributed by atoms with Gasteiger partial charge in [-0.3, -0.25) is 4.90 Å². The Hall–Kier alpha value is -1.55. The summed E-state index contributed by atoms with van der Waals surface area (Å²) in [4.78, 5) is 10.8. The number of piperidine rings is 1. The topological polar surface area (TPSA) is 57.9 Å². The number of aromatic nitrogens is 2. The second-order valence-electron chi connectivity index (χ2n) is 6.68. The van der Waals surface area contributed by atoms with Gasteiger partial charge in [-0.15, -0.1) is 0 Å². The highest BCUT2D eigenvalue weighted by atomic mass is 15.2. The Morgan fingerprint density at radius 3 is 3.00 bits per heavy atom. The summed E-state index contributed by atoms with van der Waals surface area (Å²) >= 11 is 0. The van der Waals surface area contributed by atoms with Crippen LogP contribution in [0, 0.1) is 5.92 Å². The van der Waals surface area contributed by atoms with Gasteiger partial charge in [0.1, 0.15) is 5.82 Å². The Morgan fingerprint density at radius 2 is 2.05 bits per heavy atom. The molecule has 2 aliphatic rings. The normalized spacial score (nSPS) is 26.9. The average Bonchev–Trinajstić information content (AvgIpc) is 2.89. The molecule has 0 radical (unpaired) electrons. The monoisotopic (exact) mass is 284 g/mol. The third kappa shape index (κ3) is 2.53. The van der Waals surface area contributed by atoms with E-state index in [-0.39, 0.29) is 0 Å². The summed E-state index contributed by atoms with van der Waals surface area (Å²) in [5, 5.41) is 0. The van der Waals surface area contributed by atoms with E-state index in [2.05, 4.69) is 9.88 Å². The van der Waals surface area contributed by atoms with Gasteiger partial charge >= 0.3 is 0 Å². The number of fused-ring (bicyclic) bond motifs is 2. The molecule has 1 aliphatic heterocycles. The molecule has 2 aromatic rings. The van der Waals surface area contributed by atoms with Gasteiger partial charge < -0.3 is 10.7 Å². The van der Waals surface area contributed by atoms with E-state index in [9.17, 15) is 0 Å². The number of aromatic amines is 1. The fourth-order valence-corrected chi connectivity index (χ4v) is 4.27. The van der Waals surface area contributed by atoms with E-state index in [1.165, 1.54) is 45.1 Å². The Bertz CT molecular complexity index is 631. The zero-order valence-electron chi connectivity index (χ0n) is 12.5. The van der Waals surface area contributed by atoms with Crippen molar-refractivity contribution in [1.82, 2.24) is 14.9 Å². The first kappa shape index (κ1) is 13.1. The summed E-state index contributed by atoms with van der Waals surface area (Å²) in [6.45, 7) is 2.18. The summed E-state index contributed by atoms with van der Waals surface area (Å²) in [5.74, 6) is 2.01. The highest BCUT2D eigenvalue weighted by Gasteiger charge is 2.33. The quantitative estimate of drug-likeness (QED) is 0.832. The third-order valence-corrected chi connectivity index (χ3v) is 5.27. The molecule has 1 aromatic heterocycles. The second kappa shape index (κ2) is 5.34. The molecule has 1 aliphatic carbocycles. The molecule has 2 heterocycles. The average molecular weight is 284 g/mol. The Morgan fingerprint density at radius 1 is 1.19 bits per heavy atom. The van der Waals surface area contributed by atoms with Gasteiger partial charge in [0.05, 0.1) is 17.6 Å². The predicted molar refractivity (Wildman–Crippen MR) is 85.9 cm³/mol. The summed E-state index contributed by atoms with van der Waals surface area (Å²) in [7, 11) is 0. The molecule has 2 atom stereocenters. The Balaban J connectivity index is 1.55. The molecule has 112 valence electrons. The van der Waals surface area contributed by atoms with Crippen molar-refractivity contribution in [2.45, 2.75) is 51.1 Å². The first-order valence-electron chi connectivity index (χ1n) is 8.28. The number of hydrogen-bond acceptors (Lipinski definition) is 3. The van der Waals surface area contributed by atoms with Crippen molar-refractivity contribution in [2.75, 3.05) is 12.3 Å². The van der Waals surface area contributed by atoms with Crippen molar-refractivity contribution in [1.29, 1.82) is 0 Å². The molecule has 4 rings (SSSR count). The van der Waals surface area contributed by atoms with E-state index in [0.29, 0.717) is 0 Å². The number of anilines is 1.